The molecule has 0 radical (unpaired) electrons. The molecular formula is C25H31ClN2O2. The van der Waals surface area contributed by atoms with Gasteiger partial charge in [0.25, 0.3) is 0 Å². The van der Waals surface area contributed by atoms with E-state index in [0.717, 1.165) is 47.9 Å². The molecule has 160 valence electrons. The lowest BCUT2D eigenvalue weighted by Crippen LogP contribution is -2.47. The molecule has 0 saturated heterocycles. The largest absolute Gasteiger partial charge is 0.351 e. The first-order chi connectivity index (χ1) is 14.5. The Labute approximate surface area is 184 Å². The van der Waals surface area contributed by atoms with Gasteiger partial charge < -0.3 is 10.2 Å². The van der Waals surface area contributed by atoms with Gasteiger partial charge >= 0.3 is 0 Å². The third-order valence-corrected chi connectivity index (χ3v) is 6.13. The molecule has 3 rings (SSSR count). The van der Waals surface area contributed by atoms with Crippen LogP contribution in [0, 0.1) is 13.8 Å². The number of carbonyl (C=O) groups is 2. The predicted octanol–water partition coefficient (Wildman–Crippen LogP) is 5.06. The predicted molar refractivity (Wildman–Crippen MR) is 121 cm³/mol. The molecule has 1 fully saturated rings. The first-order valence-electron chi connectivity index (χ1n) is 10.8. The van der Waals surface area contributed by atoms with Gasteiger partial charge in [-0.05, 0) is 43.4 Å². The number of aryl methyl sites for hydroxylation is 2. The van der Waals surface area contributed by atoms with Crippen molar-refractivity contribution in [2.24, 2.45) is 0 Å². The molecule has 0 bridgehead atoms. The van der Waals surface area contributed by atoms with Crippen LogP contribution in [0.1, 0.15) is 60.4 Å². The molecule has 0 unspecified atom stereocenters. The number of amides is 2. The number of benzene rings is 2. The standard InChI is InChI=1S/C25H31ClN2O2/c1-18-12-14-20(15-13-18)17-28(23(29)16-26)24(22-11-7-6-8-19(22)2)25(30)27-21-9-4-3-5-10-21/h6-8,11-15,21,24H,3-5,9-10,16-17H2,1-2H3,(H,27,30)/t24-/m1/s1. The van der Waals surface area contributed by atoms with Crippen LogP contribution in [0.4, 0.5) is 0 Å². The van der Waals surface area contributed by atoms with Gasteiger partial charge in [0.05, 0.1) is 0 Å². The average Bonchev–Trinajstić information content (AvgIpc) is 2.76. The van der Waals surface area contributed by atoms with Crippen molar-refractivity contribution in [3.63, 3.8) is 0 Å². The van der Waals surface area contributed by atoms with E-state index in [1.54, 1.807) is 4.90 Å². The molecule has 1 N–H and O–H groups in total. The second-order valence-electron chi connectivity index (χ2n) is 8.24. The molecule has 2 amide bonds. The fourth-order valence-corrected chi connectivity index (χ4v) is 4.32. The Balaban J connectivity index is 1.95. The minimum Gasteiger partial charge on any atom is -0.351 e. The number of nitrogens with zero attached hydrogens (tertiary/aromatic N) is 1. The molecule has 0 heterocycles. The van der Waals surface area contributed by atoms with Gasteiger partial charge in [0.2, 0.25) is 11.8 Å². The van der Waals surface area contributed by atoms with Gasteiger partial charge in [-0.1, -0.05) is 73.4 Å². The summed E-state index contributed by atoms with van der Waals surface area (Å²) in [6, 6.07) is 15.3. The van der Waals surface area contributed by atoms with Crippen molar-refractivity contribution in [1.82, 2.24) is 10.2 Å². The van der Waals surface area contributed by atoms with Crippen LogP contribution in [-0.2, 0) is 16.1 Å². The highest BCUT2D eigenvalue weighted by Gasteiger charge is 2.33. The van der Waals surface area contributed by atoms with E-state index in [1.807, 2.05) is 62.4 Å². The second kappa shape index (κ2) is 10.6. The lowest BCUT2D eigenvalue weighted by molar-refractivity contribution is -0.140. The molecule has 5 heteroatoms. The van der Waals surface area contributed by atoms with E-state index in [4.69, 9.17) is 11.6 Å². The Kier molecular flexibility index (Phi) is 7.92. The van der Waals surface area contributed by atoms with Crippen molar-refractivity contribution >= 4 is 23.4 Å². The van der Waals surface area contributed by atoms with Gasteiger partial charge in [0.1, 0.15) is 11.9 Å². The molecule has 1 saturated carbocycles. The third-order valence-electron chi connectivity index (χ3n) is 5.90. The lowest BCUT2D eigenvalue weighted by atomic mass is 9.94. The maximum atomic E-state index is 13.5. The second-order valence-corrected chi connectivity index (χ2v) is 8.51. The van der Waals surface area contributed by atoms with Crippen molar-refractivity contribution < 1.29 is 9.59 Å². The maximum Gasteiger partial charge on any atom is 0.247 e. The number of nitrogens with one attached hydrogen (secondary N) is 1. The number of hydrogen-bond donors (Lipinski definition) is 1. The number of rotatable bonds is 7. The summed E-state index contributed by atoms with van der Waals surface area (Å²) in [7, 11) is 0. The van der Waals surface area contributed by atoms with Crippen LogP contribution in [0.3, 0.4) is 0 Å². The first kappa shape index (κ1) is 22.4. The first-order valence-corrected chi connectivity index (χ1v) is 11.3. The smallest absolute Gasteiger partial charge is 0.247 e. The summed E-state index contributed by atoms with van der Waals surface area (Å²) in [4.78, 5) is 28.1. The normalized spacial score (nSPS) is 15.4. The summed E-state index contributed by atoms with van der Waals surface area (Å²) >= 11 is 5.98. The Hall–Kier alpha value is -2.33. The monoisotopic (exact) mass is 426 g/mol. The van der Waals surface area contributed by atoms with E-state index in [1.165, 1.54) is 6.42 Å². The van der Waals surface area contributed by atoms with Crippen molar-refractivity contribution in [2.75, 3.05) is 5.88 Å². The summed E-state index contributed by atoms with van der Waals surface area (Å²) in [5.41, 5.74) is 3.96. The minimum atomic E-state index is -0.708. The van der Waals surface area contributed by atoms with Crippen LogP contribution in [0.5, 0.6) is 0 Å². The third kappa shape index (κ3) is 5.63. The molecule has 1 atom stereocenters. The molecule has 1 aliphatic rings. The highest BCUT2D eigenvalue weighted by Crippen LogP contribution is 2.28. The van der Waals surface area contributed by atoms with Gasteiger partial charge in [0.15, 0.2) is 0 Å². The Morgan fingerprint density at radius 3 is 2.33 bits per heavy atom. The van der Waals surface area contributed by atoms with Gasteiger partial charge in [-0.25, -0.2) is 0 Å². The van der Waals surface area contributed by atoms with E-state index in [9.17, 15) is 9.59 Å². The van der Waals surface area contributed by atoms with E-state index in [2.05, 4.69) is 5.32 Å². The summed E-state index contributed by atoms with van der Waals surface area (Å²) in [6.07, 6.45) is 5.47. The van der Waals surface area contributed by atoms with Crippen LogP contribution in [0.15, 0.2) is 48.5 Å². The summed E-state index contributed by atoms with van der Waals surface area (Å²) in [5, 5.41) is 3.22. The van der Waals surface area contributed by atoms with Crippen LogP contribution >= 0.6 is 11.6 Å². The van der Waals surface area contributed by atoms with Gasteiger partial charge in [-0.15, -0.1) is 11.6 Å². The number of alkyl halides is 1. The van der Waals surface area contributed by atoms with Crippen molar-refractivity contribution in [2.45, 2.75) is 64.6 Å². The highest BCUT2D eigenvalue weighted by molar-refractivity contribution is 6.27. The molecule has 0 aliphatic heterocycles. The van der Waals surface area contributed by atoms with Crippen LogP contribution in [-0.4, -0.2) is 28.6 Å². The summed E-state index contributed by atoms with van der Waals surface area (Å²) < 4.78 is 0. The maximum absolute atomic E-state index is 13.5. The Morgan fingerprint density at radius 2 is 1.70 bits per heavy atom. The van der Waals surface area contributed by atoms with Gasteiger partial charge in [-0.2, -0.15) is 0 Å². The highest BCUT2D eigenvalue weighted by atomic mass is 35.5. The van der Waals surface area contributed by atoms with Crippen LogP contribution < -0.4 is 5.32 Å². The zero-order valence-corrected chi connectivity index (χ0v) is 18.6. The zero-order valence-electron chi connectivity index (χ0n) is 17.9. The summed E-state index contributed by atoms with van der Waals surface area (Å²) in [5.74, 6) is -0.531. The molecule has 2 aromatic carbocycles. The van der Waals surface area contributed by atoms with Crippen molar-refractivity contribution in [3.05, 3.63) is 70.8 Å². The van der Waals surface area contributed by atoms with Crippen molar-refractivity contribution in [3.8, 4) is 0 Å². The lowest BCUT2D eigenvalue weighted by Gasteiger charge is -2.34. The fraction of sp³-hybridized carbons (Fsp3) is 0.440. The minimum absolute atomic E-state index is 0.123. The van der Waals surface area contributed by atoms with E-state index in [-0.39, 0.29) is 23.7 Å². The van der Waals surface area contributed by atoms with Crippen LogP contribution in [0.2, 0.25) is 0 Å². The Bertz CT molecular complexity index is 860. The van der Waals surface area contributed by atoms with E-state index >= 15 is 0 Å². The van der Waals surface area contributed by atoms with E-state index < -0.39 is 6.04 Å². The molecule has 4 nitrogen and oxygen atoms in total. The molecule has 2 aromatic rings. The Morgan fingerprint density at radius 1 is 1.03 bits per heavy atom. The molecule has 1 aliphatic carbocycles. The topological polar surface area (TPSA) is 49.4 Å². The molecule has 0 aromatic heterocycles. The zero-order chi connectivity index (χ0) is 21.5. The van der Waals surface area contributed by atoms with Gasteiger partial charge in [-0.3, -0.25) is 9.59 Å². The quantitative estimate of drug-likeness (QED) is 0.629. The fourth-order valence-electron chi connectivity index (χ4n) is 4.16. The van der Waals surface area contributed by atoms with E-state index in [0.29, 0.717) is 6.54 Å². The summed E-state index contributed by atoms with van der Waals surface area (Å²) in [6.45, 7) is 4.34. The van der Waals surface area contributed by atoms with Crippen molar-refractivity contribution in [1.29, 1.82) is 0 Å². The molecular weight excluding hydrogens is 396 g/mol. The number of halogens is 1. The average molecular weight is 427 g/mol. The number of carbonyl (C=O) groups excluding carboxylic acids is 2. The van der Waals surface area contributed by atoms with Crippen LogP contribution in [0.25, 0.3) is 0 Å². The molecule has 30 heavy (non-hydrogen) atoms. The SMILES string of the molecule is Cc1ccc(CN(C(=O)CCl)[C@@H](C(=O)NC2CCCCC2)c2ccccc2C)cc1. The number of hydrogen-bond acceptors (Lipinski definition) is 2. The molecule has 0 spiro atoms. The van der Waals surface area contributed by atoms with Gasteiger partial charge in [0, 0.05) is 12.6 Å².